The van der Waals surface area contributed by atoms with Crippen LogP contribution in [0.3, 0.4) is 0 Å². The molecule has 1 saturated heterocycles. The van der Waals surface area contributed by atoms with E-state index in [2.05, 4.69) is 15.8 Å². The smallest absolute Gasteiger partial charge is 0.306 e. The highest BCUT2D eigenvalue weighted by atomic mass is 32.2. The summed E-state index contributed by atoms with van der Waals surface area (Å²) in [6.45, 7) is 0.733. The summed E-state index contributed by atoms with van der Waals surface area (Å²) in [5.41, 5.74) is 3.66. The van der Waals surface area contributed by atoms with Crippen molar-refractivity contribution in [3.05, 3.63) is 71.9 Å². The van der Waals surface area contributed by atoms with Crippen LogP contribution in [0.2, 0.25) is 0 Å². The first-order valence-corrected chi connectivity index (χ1v) is 13.7. The number of halogens is 4. The lowest BCUT2D eigenvalue weighted by Gasteiger charge is -2.34. The lowest BCUT2D eigenvalue weighted by Crippen LogP contribution is -2.52. The summed E-state index contributed by atoms with van der Waals surface area (Å²) in [6, 6.07) is 10.1. The molecule has 196 valence electrons. The maximum Gasteiger partial charge on any atom is 0.404 e. The lowest BCUT2D eigenvalue weighted by molar-refractivity contribution is -0.166. The first kappa shape index (κ1) is 24.6. The second kappa shape index (κ2) is 8.37. The van der Waals surface area contributed by atoms with Crippen LogP contribution in [-0.4, -0.2) is 46.6 Å². The van der Waals surface area contributed by atoms with Crippen LogP contribution in [-0.2, 0) is 23.1 Å². The molecule has 2 bridgehead atoms. The maximum absolute atomic E-state index is 13.5. The van der Waals surface area contributed by atoms with Gasteiger partial charge in [-0.05, 0) is 85.9 Å². The Balaban J connectivity index is 1.30. The number of rotatable bonds is 3. The predicted octanol–water partition coefficient (Wildman–Crippen LogP) is 4.64. The summed E-state index contributed by atoms with van der Waals surface area (Å²) in [5, 5.41) is 0. The van der Waals surface area contributed by atoms with Gasteiger partial charge in [-0.1, -0.05) is 12.1 Å². The molecule has 37 heavy (non-hydrogen) atoms. The summed E-state index contributed by atoms with van der Waals surface area (Å²) in [7, 11) is -4.26. The average molecular weight is 535 g/mol. The second-order valence-corrected chi connectivity index (χ2v) is 12.0. The molecule has 2 heterocycles. The van der Waals surface area contributed by atoms with E-state index >= 15 is 0 Å². The van der Waals surface area contributed by atoms with Crippen LogP contribution in [0.1, 0.15) is 30.9 Å². The molecule has 1 aromatic heterocycles. The van der Waals surface area contributed by atoms with Crippen LogP contribution in [0.15, 0.2) is 55.0 Å². The standard InChI is InChI=1S/C26H26F4N4O2S/c1-16(26(28,29)30)34-14-25(32-37(34,35)36)20-4-5-21(25)12-19-10-18(3-2-17(19)11-20)24-13-33(15-31-24)23-8-6-22(27)7-9-23/h2-3,6-10,13,15-16,20-21,32H,4-5,11-12,14H2,1H3/t16?,20-,21+,25-/m1/s1. The highest BCUT2D eigenvalue weighted by Gasteiger charge is 2.62. The molecule has 1 aliphatic heterocycles. The van der Waals surface area contributed by atoms with E-state index in [-0.39, 0.29) is 24.2 Å². The van der Waals surface area contributed by atoms with Gasteiger partial charge in [0, 0.05) is 24.0 Å². The second-order valence-electron chi connectivity index (χ2n) is 10.4. The van der Waals surface area contributed by atoms with Gasteiger partial charge in [-0.25, -0.2) is 9.37 Å². The third-order valence-electron chi connectivity index (χ3n) is 8.41. The average Bonchev–Trinajstić information content (AvgIpc) is 3.48. The van der Waals surface area contributed by atoms with E-state index in [1.165, 1.54) is 12.1 Å². The number of nitrogens with one attached hydrogen (secondary N) is 1. The third-order valence-corrected chi connectivity index (χ3v) is 10.1. The molecule has 1 unspecified atom stereocenters. The molecule has 2 aliphatic carbocycles. The van der Waals surface area contributed by atoms with Gasteiger partial charge in [-0.15, -0.1) is 0 Å². The van der Waals surface area contributed by atoms with Gasteiger partial charge in [0.2, 0.25) is 0 Å². The molecule has 1 saturated carbocycles. The Morgan fingerprint density at radius 2 is 1.73 bits per heavy atom. The Morgan fingerprint density at radius 1 is 1.05 bits per heavy atom. The number of aromatic nitrogens is 2. The molecule has 3 aromatic rings. The van der Waals surface area contributed by atoms with Crippen molar-refractivity contribution < 1.29 is 26.0 Å². The number of nitrogens with zero attached hydrogens (tertiary/aromatic N) is 3. The third kappa shape index (κ3) is 4.07. The van der Waals surface area contributed by atoms with E-state index in [9.17, 15) is 26.0 Å². The van der Waals surface area contributed by atoms with E-state index in [0.29, 0.717) is 17.1 Å². The molecule has 2 aromatic carbocycles. The van der Waals surface area contributed by atoms with E-state index in [1.807, 2.05) is 18.3 Å². The first-order chi connectivity index (χ1) is 17.5. The van der Waals surface area contributed by atoms with Crippen LogP contribution in [0, 0.1) is 17.7 Å². The Labute approximate surface area is 212 Å². The van der Waals surface area contributed by atoms with Gasteiger partial charge in [0.1, 0.15) is 11.9 Å². The van der Waals surface area contributed by atoms with Gasteiger partial charge in [0.05, 0.1) is 17.6 Å². The summed E-state index contributed by atoms with van der Waals surface area (Å²) < 4.78 is 84.6. The minimum atomic E-state index is -4.64. The van der Waals surface area contributed by atoms with E-state index in [1.54, 1.807) is 23.0 Å². The van der Waals surface area contributed by atoms with E-state index in [4.69, 9.17) is 0 Å². The minimum absolute atomic E-state index is 0.0810. The van der Waals surface area contributed by atoms with Crippen molar-refractivity contribution in [2.24, 2.45) is 11.8 Å². The quantitative estimate of drug-likeness (QED) is 0.498. The van der Waals surface area contributed by atoms with Crippen molar-refractivity contribution in [1.82, 2.24) is 18.6 Å². The largest absolute Gasteiger partial charge is 0.404 e. The lowest BCUT2D eigenvalue weighted by atomic mass is 9.79. The van der Waals surface area contributed by atoms with Gasteiger partial charge in [0.15, 0.2) is 0 Å². The fourth-order valence-electron chi connectivity index (χ4n) is 6.36. The maximum atomic E-state index is 13.5. The normalized spacial score (nSPS) is 27.8. The molecular formula is C26H26F4N4O2S. The van der Waals surface area contributed by atoms with Gasteiger partial charge < -0.3 is 4.57 Å². The zero-order chi connectivity index (χ0) is 26.2. The molecule has 3 aliphatic rings. The first-order valence-electron chi connectivity index (χ1n) is 12.3. The Hall–Kier alpha value is -2.76. The van der Waals surface area contributed by atoms with Crippen molar-refractivity contribution in [2.45, 2.75) is 50.4 Å². The zero-order valence-electron chi connectivity index (χ0n) is 20.0. The van der Waals surface area contributed by atoms with Gasteiger partial charge in [-0.3, -0.25) is 0 Å². The summed E-state index contributed by atoms with van der Waals surface area (Å²) in [5.74, 6) is -0.504. The van der Waals surface area contributed by atoms with Crippen molar-refractivity contribution >= 4 is 10.2 Å². The predicted molar refractivity (Wildman–Crippen MR) is 130 cm³/mol. The highest BCUT2D eigenvalue weighted by Crippen LogP contribution is 2.51. The molecule has 1 N–H and O–H groups in total. The van der Waals surface area contributed by atoms with Crippen molar-refractivity contribution in [3.8, 4) is 16.9 Å². The van der Waals surface area contributed by atoms with E-state index < -0.39 is 28.0 Å². The highest BCUT2D eigenvalue weighted by molar-refractivity contribution is 7.87. The molecule has 2 fully saturated rings. The molecular weight excluding hydrogens is 508 g/mol. The zero-order valence-corrected chi connectivity index (χ0v) is 20.9. The Morgan fingerprint density at radius 3 is 2.41 bits per heavy atom. The minimum Gasteiger partial charge on any atom is -0.306 e. The fraction of sp³-hybridized carbons (Fsp3) is 0.423. The summed E-state index contributed by atoms with van der Waals surface area (Å²) >= 11 is 0. The molecule has 6 rings (SSSR count). The number of benzene rings is 2. The van der Waals surface area contributed by atoms with Crippen LogP contribution < -0.4 is 4.72 Å². The van der Waals surface area contributed by atoms with Crippen LogP contribution in [0.4, 0.5) is 17.6 Å². The summed E-state index contributed by atoms with van der Waals surface area (Å²) in [6.07, 6.45) is 1.59. The van der Waals surface area contributed by atoms with E-state index in [0.717, 1.165) is 47.8 Å². The van der Waals surface area contributed by atoms with Crippen LogP contribution in [0.25, 0.3) is 16.9 Å². The van der Waals surface area contributed by atoms with Crippen LogP contribution in [0.5, 0.6) is 0 Å². The van der Waals surface area contributed by atoms with Crippen molar-refractivity contribution in [2.75, 3.05) is 6.54 Å². The number of fused-ring (bicyclic) bond motifs is 1. The molecule has 1 spiro atoms. The molecule has 4 atom stereocenters. The number of hydrogen-bond donors (Lipinski definition) is 1. The Bertz CT molecular complexity index is 1450. The van der Waals surface area contributed by atoms with Gasteiger partial charge in [-0.2, -0.15) is 30.6 Å². The molecule has 0 radical (unpaired) electrons. The number of hydrogen-bond acceptors (Lipinski definition) is 3. The van der Waals surface area contributed by atoms with Crippen molar-refractivity contribution in [3.63, 3.8) is 0 Å². The number of alkyl halides is 3. The number of imidazole rings is 1. The monoisotopic (exact) mass is 534 g/mol. The fourth-order valence-corrected chi connectivity index (χ4v) is 8.27. The van der Waals surface area contributed by atoms with Crippen LogP contribution >= 0.6 is 0 Å². The molecule has 11 heteroatoms. The van der Waals surface area contributed by atoms with Crippen molar-refractivity contribution in [1.29, 1.82) is 0 Å². The topological polar surface area (TPSA) is 67.2 Å². The SMILES string of the molecule is CC(N1C[C@@]2(NS1(=O)=O)[C@@H]1CC[C@H]2Cc2cc(-c3cn(-c4ccc(F)cc4)cn3)ccc2C1)C(F)(F)F. The molecule has 0 amide bonds. The van der Waals surface area contributed by atoms with Gasteiger partial charge >= 0.3 is 6.18 Å². The summed E-state index contributed by atoms with van der Waals surface area (Å²) in [4.78, 5) is 4.51. The Kier molecular flexibility index (Phi) is 5.56. The molecule has 6 nitrogen and oxygen atoms in total. The van der Waals surface area contributed by atoms with Gasteiger partial charge in [0.25, 0.3) is 10.2 Å².